The summed E-state index contributed by atoms with van der Waals surface area (Å²) in [6, 6.07) is 6.16. The molecule has 0 radical (unpaired) electrons. The summed E-state index contributed by atoms with van der Waals surface area (Å²) in [6.07, 6.45) is -1.72. The zero-order valence-electron chi connectivity index (χ0n) is 12.7. The number of nitrogens with one attached hydrogen (secondary N) is 1. The van der Waals surface area contributed by atoms with Gasteiger partial charge >= 0.3 is 18.2 Å². The van der Waals surface area contributed by atoms with Crippen LogP contribution in [0.4, 0.5) is 15.3 Å². The first kappa shape index (κ1) is 18.2. The van der Waals surface area contributed by atoms with E-state index in [9.17, 15) is 14.4 Å². The Hall–Kier alpha value is -2.81. The maximum absolute atomic E-state index is 11.4. The van der Waals surface area contributed by atoms with E-state index < -0.39 is 24.8 Å². The molecule has 0 fully saturated rings. The summed E-state index contributed by atoms with van der Waals surface area (Å²) < 4.78 is 23.1. The van der Waals surface area contributed by atoms with Crippen molar-refractivity contribution < 1.29 is 38.1 Å². The molecule has 0 spiro atoms. The Balaban J connectivity index is 2.37. The summed E-state index contributed by atoms with van der Waals surface area (Å²) in [4.78, 5) is 33.3. The third kappa shape index (κ3) is 7.67. The van der Waals surface area contributed by atoms with Crippen LogP contribution in [0.2, 0.25) is 0 Å². The summed E-state index contributed by atoms with van der Waals surface area (Å²) in [7, 11) is 2.59. The molecule has 0 heterocycles. The van der Waals surface area contributed by atoms with Gasteiger partial charge < -0.3 is 23.7 Å². The number of carbonyl (C=O) groups is 3. The Morgan fingerprint density at radius 3 is 2.35 bits per heavy atom. The molecule has 23 heavy (non-hydrogen) atoms. The first-order valence-electron chi connectivity index (χ1n) is 6.49. The fourth-order valence-corrected chi connectivity index (χ4v) is 1.31. The molecule has 9 nitrogen and oxygen atoms in total. The van der Waals surface area contributed by atoms with Crippen molar-refractivity contribution in [2.75, 3.05) is 39.4 Å². The number of ether oxygens (including phenoxy) is 5. The Morgan fingerprint density at radius 1 is 1.04 bits per heavy atom. The molecule has 1 N–H and O–H groups in total. The molecule has 9 heteroatoms. The van der Waals surface area contributed by atoms with Gasteiger partial charge in [0.2, 0.25) is 0 Å². The second-order valence-electron chi connectivity index (χ2n) is 3.99. The molecular formula is C14H17NO8. The monoisotopic (exact) mass is 327 g/mol. The maximum Gasteiger partial charge on any atom is 0.515 e. The summed E-state index contributed by atoms with van der Waals surface area (Å²) in [5.74, 6) is -0.536. The molecular weight excluding hydrogens is 310 g/mol. The highest BCUT2D eigenvalue weighted by Gasteiger charge is 2.11. The highest BCUT2D eigenvalue weighted by Crippen LogP contribution is 2.15. The molecule has 1 amide bonds. The van der Waals surface area contributed by atoms with Gasteiger partial charge in [-0.05, 0) is 24.3 Å². The quantitative estimate of drug-likeness (QED) is 0.456. The van der Waals surface area contributed by atoms with Gasteiger partial charge in [0.15, 0.2) is 6.61 Å². The van der Waals surface area contributed by atoms with Gasteiger partial charge in [-0.15, -0.1) is 0 Å². The summed E-state index contributed by atoms with van der Waals surface area (Å²) in [5.41, 5.74) is 0.483. The van der Waals surface area contributed by atoms with Gasteiger partial charge in [-0.3, -0.25) is 5.32 Å². The van der Waals surface area contributed by atoms with E-state index in [2.05, 4.69) is 14.8 Å². The fourth-order valence-electron chi connectivity index (χ4n) is 1.31. The Morgan fingerprint density at radius 2 is 1.74 bits per heavy atom. The highest BCUT2D eigenvalue weighted by molar-refractivity contribution is 5.84. The van der Waals surface area contributed by atoms with Crippen LogP contribution in [0.15, 0.2) is 24.3 Å². The van der Waals surface area contributed by atoms with Crippen LogP contribution in [-0.4, -0.2) is 52.3 Å². The molecule has 0 saturated carbocycles. The van der Waals surface area contributed by atoms with Gasteiger partial charge in [0, 0.05) is 12.8 Å². The number of esters is 1. The van der Waals surface area contributed by atoms with Gasteiger partial charge in [-0.2, -0.15) is 0 Å². The zero-order chi connectivity index (χ0) is 17.1. The molecule has 0 unspecified atom stereocenters. The van der Waals surface area contributed by atoms with Crippen LogP contribution in [0, 0.1) is 0 Å². The van der Waals surface area contributed by atoms with Gasteiger partial charge in [0.1, 0.15) is 12.4 Å². The average molecular weight is 327 g/mol. The van der Waals surface area contributed by atoms with Gasteiger partial charge in [-0.25, -0.2) is 14.4 Å². The predicted octanol–water partition coefficient (Wildman–Crippen LogP) is 1.57. The first-order chi connectivity index (χ1) is 11.0. The van der Waals surface area contributed by atoms with E-state index in [0.717, 1.165) is 7.11 Å². The molecule has 126 valence electrons. The van der Waals surface area contributed by atoms with Crippen LogP contribution in [-0.2, 0) is 23.7 Å². The van der Waals surface area contributed by atoms with Crippen molar-refractivity contribution in [2.24, 2.45) is 0 Å². The number of methoxy groups -OCH3 is 2. The molecule has 1 aromatic rings. The maximum atomic E-state index is 11.4. The lowest BCUT2D eigenvalue weighted by Crippen LogP contribution is -2.19. The molecule has 0 aliphatic rings. The van der Waals surface area contributed by atoms with Crippen molar-refractivity contribution in [1.82, 2.24) is 0 Å². The van der Waals surface area contributed by atoms with Gasteiger partial charge in [0.25, 0.3) is 0 Å². The van der Waals surface area contributed by atoms with Crippen molar-refractivity contribution in [1.29, 1.82) is 0 Å². The second-order valence-corrected chi connectivity index (χ2v) is 3.99. The minimum Gasteiger partial charge on any atom is -0.482 e. The van der Waals surface area contributed by atoms with Crippen LogP contribution in [0.3, 0.4) is 0 Å². The molecule has 0 bridgehead atoms. The zero-order valence-corrected chi connectivity index (χ0v) is 12.7. The number of amides is 1. The van der Waals surface area contributed by atoms with Crippen molar-refractivity contribution >= 4 is 23.9 Å². The second kappa shape index (κ2) is 10.0. The predicted molar refractivity (Wildman–Crippen MR) is 77.3 cm³/mol. The number of anilines is 1. The van der Waals surface area contributed by atoms with Crippen LogP contribution < -0.4 is 10.1 Å². The number of carbonyl (C=O) groups excluding carboxylic acids is 3. The SMILES string of the molecule is COCCOC(=O)Nc1ccc(OCC(=O)OC(=O)OC)cc1. The van der Waals surface area contributed by atoms with Crippen LogP contribution in [0.1, 0.15) is 0 Å². The smallest absolute Gasteiger partial charge is 0.482 e. The van der Waals surface area contributed by atoms with Crippen LogP contribution >= 0.6 is 0 Å². The number of benzene rings is 1. The van der Waals surface area contributed by atoms with Crippen LogP contribution in [0.25, 0.3) is 0 Å². The van der Waals surface area contributed by atoms with E-state index in [1.807, 2.05) is 0 Å². The van der Waals surface area contributed by atoms with Gasteiger partial charge in [0.05, 0.1) is 13.7 Å². The van der Waals surface area contributed by atoms with Gasteiger partial charge in [-0.1, -0.05) is 0 Å². The average Bonchev–Trinajstić information content (AvgIpc) is 2.54. The first-order valence-corrected chi connectivity index (χ1v) is 6.49. The Bertz CT molecular complexity index is 528. The van der Waals surface area contributed by atoms with Crippen molar-refractivity contribution in [3.63, 3.8) is 0 Å². The lowest BCUT2D eigenvalue weighted by Gasteiger charge is -2.08. The normalized spacial score (nSPS) is 9.65. The summed E-state index contributed by atoms with van der Waals surface area (Å²) in [6.45, 7) is -0.00532. The Labute approximate surface area is 132 Å². The summed E-state index contributed by atoms with van der Waals surface area (Å²) >= 11 is 0. The number of hydrogen-bond acceptors (Lipinski definition) is 8. The largest absolute Gasteiger partial charge is 0.515 e. The summed E-state index contributed by atoms with van der Waals surface area (Å²) in [5, 5.41) is 2.50. The third-order valence-corrected chi connectivity index (χ3v) is 2.34. The van der Waals surface area contributed by atoms with E-state index in [4.69, 9.17) is 14.2 Å². The van der Waals surface area contributed by atoms with E-state index >= 15 is 0 Å². The lowest BCUT2D eigenvalue weighted by molar-refractivity contribution is -0.141. The van der Waals surface area contributed by atoms with Crippen molar-refractivity contribution in [2.45, 2.75) is 0 Å². The number of hydrogen-bond donors (Lipinski definition) is 1. The molecule has 0 aromatic heterocycles. The molecule has 1 aromatic carbocycles. The minimum absolute atomic E-state index is 0.145. The van der Waals surface area contributed by atoms with E-state index in [-0.39, 0.29) is 6.61 Å². The molecule has 0 aliphatic carbocycles. The van der Waals surface area contributed by atoms with E-state index in [1.165, 1.54) is 19.2 Å². The topological polar surface area (TPSA) is 109 Å². The van der Waals surface area contributed by atoms with Crippen molar-refractivity contribution in [3.8, 4) is 5.75 Å². The minimum atomic E-state index is -1.11. The highest BCUT2D eigenvalue weighted by atomic mass is 16.7. The lowest BCUT2D eigenvalue weighted by atomic mass is 10.3. The standard InChI is InChI=1S/C14H17NO8/c1-19-7-8-21-13(17)15-10-3-5-11(6-4-10)22-9-12(16)23-14(18)20-2/h3-6H,7-9H2,1-2H3,(H,15,17). The molecule has 1 rings (SSSR count). The van der Waals surface area contributed by atoms with E-state index in [0.29, 0.717) is 18.0 Å². The van der Waals surface area contributed by atoms with Crippen molar-refractivity contribution in [3.05, 3.63) is 24.3 Å². The van der Waals surface area contributed by atoms with Crippen LogP contribution in [0.5, 0.6) is 5.75 Å². The third-order valence-electron chi connectivity index (χ3n) is 2.34. The molecule has 0 atom stereocenters. The number of rotatable bonds is 7. The fraction of sp³-hybridized carbons (Fsp3) is 0.357. The molecule has 0 aliphatic heterocycles. The Kier molecular flexibility index (Phi) is 7.94. The van der Waals surface area contributed by atoms with E-state index in [1.54, 1.807) is 12.1 Å². The molecule has 0 saturated heterocycles.